The van der Waals surface area contributed by atoms with E-state index in [1.807, 2.05) is 0 Å². The zero-order chi connectivity index (χ0) is 23.1. The Balaban J connectivity index is 1.56. The summed E-state index contributed by atoms with van der Waals surface area (Å²) in [7, 11) is -1.50. The monoisotopic (exact) mass is 452 g/mol. The summed E-state index contributed by atoms with van der Waals surface area (Å²) in [4.78, 5) is 0. The summed E-state index contributed by atoms with van der Waals surface area (Å²) in [5, 5.41) is 0. The lowest BCUT2D eigenvalue weighted by Gasteiger charge is -2.48. The molecule has 3 aliphatic rings. The molecule has 1 saturated carbocycles. The van der Waals surface area contributed by atoms with Gasteiger partial charge in [-0.05, 0) is 67.6 Å². The van der Waals surface area contributed by atoms with Gasteiger partial charge in [0.25, 0.3) is 0 Å². The molecule has 164 valence electrons. The Morgan fingerprint density at radius 2 is 0.971 bits per heavy atom. The van der Waals surface area contributed by atoms with Gasteiger partial charge in [-0.15, -0.1) is 0 Å². The van der Waals surface area contributed by atoms with Crippen LogP contribution >= 0.6 is 0 Å². The molecule has 0 atom stereocenters. The van der Waals surface area contributed by atoms with Crippen LogP contribution in [0.5, 0.6) is 0 Å². The third-order valence-corrected chi connectivity index (χ3v) is 9.01. The number of hydrogen-bond donors (Lipinski definition) is 0. The molecule has 0 bridgehead atoms. The van der Waals surface area contributed by atoms with Crippen LogP contribution in [0.25, 0.3) is 27.8 Å². The van der Waals surface area contributed by atoms with Crippen molar-refractivity contribution < 1.29 is 0 Å². The molecule has 0 unspecified atom stereocenters. The molecular formula is C33H28Si. The van der Waals surface area contributed by atoms with Gasteiger partial charge in [-0.3, -0.25) is 0 Å². The van der Waals surface area contributed by atoms with Crippen LogP contribution in [-0.2, 0) is 5.41 Å². The molecule has 0 aliphatic heterocycles. The third-order valence-electron chi connectivity index (χ3n) is 7.85. The molecule has 34 heavy (non-hydrogen) atoms. The predicted molar refractivity (Wildman–Crippen MR) is 147 cm³/mol. The summed E-state index contributed by atoms with van der Waals surface area (Å²) >= 11 is 0. The van der Waals surface area contributed by atoms with Crippen LogP contribution < -0.4 is 0 Å². The molecule has 0 N–H and O–H groups in total. The van der Waals surface area contributed by atoms with Crippen molar-refractivity contribution in [1.29, 1.82) is 0 Å². The molecule has 1 heteroatoms. The number of allylic oxidation sites excluding steroid dienone is 2. The minimum Gasteiger partial charge on any atom is -0.0903 e. The SMILES string of the molecule is C[Si](C)(C)/C=C1\C(=C2c3ccccc3-c3ccccc32)CC12c1ccccc1-c1ccccc12. The summed E-state index contributed by atoms with van der Waals surface area (Å²) in [6, 6.07) is 36.2. The van der Waals surface area contributed by atoms with Gasteiger partial charge in [0.05, 0.1) is 8.07 Å². The first kappa shape index (κ1) is 20.0. The zero-order valence-corrected chi connectivity index (χ0v) is 21.0. The van der Waals surface area contributed by atoms with Crippen LogP contribution in [0.15, 0.2) is 114 Å². The van der Waals surface area contributed by atoms with E-state index in [1.165, 1.54) is 50.1 Å². The number of benzene rings is 4. The van der Waals surface area contributed by atoms with Crippen molar-refractivity contribution in [2.75, 3.05) is 0 Å². The molecule has 0 radical (unpaired) electrons. The summed E-state index contributed by atoms with van der Waals surface area (Å²) in [6.45, 7) is 7.41. The molecule has 1 fully saturated rings. The average molecular weight is 453 g/mol. The molecule has 0 amide bonds. The van der Waals surface area contributed by atoms with Gasteiger partial charge < -0.3 is 0 Å². The van der Waals surface area contributed by atoms with Crippen LogP contribution in [0, 0.1) is 0 Å². The minimum absolute atomic E-state index is 0.0255. The quantitative estimate of drug-likeness (QED) is 0.223. The number of fused-ring (bicyclic) bond motifs is 8. The summed E-state index contributed by atoms with van der Waals surface area (Å²) in [6.07, 6.45) is 1.06. The van der Waals surface area contributed by atoms with E-state index >= 15 is 0 Å². The highest BCUT2D eigenvalue weighted by Crippen LogP contribution is 2.66. The van der Waals surface area contributed by atoms with Crippen molar-refractivity contribution in [1.82, 2.24) is 0 Å². The second kappa shape index (κ2) is 6.80. The van der Waals surface area contributed by atoms with Gasteiger partial charge in [0.2, 0.25) is 0 Å². The van der Waals surface area contributed by atoms with Crippen molar-refractivity contribution >= 4 is 13.6 Å². The minimum atomic E-state index is -1.50. The first-order valence-corrected chi connectivity index (χ1v) is 15.9. The van der Waals surface area contributed by atoms with E-state index in [0.717, 1.165) is 6.42 Å². The smallest absolute Gasteiger partial charge is 0.0691 e. The maximum absolute atomic E-state index is 2.70. The van der Waals surface area contributed by atoms with Crippen molar-refractivity contribution in [2.24, 2.45) is 0 Å². The Morgan fingerprint density at radius 1 is 0.559 bits per heavy atom. The highest BCUT2D eigenvalue weighted by molar-refractivity contribution is 6.81. The Morgan fingerprint density at radius 3 is 1.44 bits per heavy atom. The van der Waals surface area contributed by atoms with Crippen molar-refractivity contribution in [3.63, 3.8) is 0 Å². The van der Waals surface area contributed by atoms with E-state index in [4.69, 9.17) is 0 Å². The highest BCUT2D eigenvalue weighted by Gasteiger charge is 2.55. The zero-order valence-electron chi connectivity index (χ0n) is 20.0. The van der Waals surface area contributed by atoms with Crippen LogP contribution in [0.4, 0.5) is 0 Å². The lowest BCUT2D eigenvalue weighted by molar-refractivity contribution is 0.538. The molecule has 4 aromatic rings. The second-order valence-electron chi connectivity index (χ2n) is 11.0. The highest BCUT2D eigenvalue weighted by atomic mass is 28.3. The van der Waals surface area contributed by atoms with E-state index in [9.17, 15) is 0 Å². The van der Waals surface area contributed by atoms with E-state index in [2.05, 4.69) is 122 Å². The van der Waals surface area contributed by atoms with Crippen molar-refractivity contribution in [3.05, 3.63) is 136 Å². The molecule has 0 nitrogen and oxygen atoms in total. The first-order valence-electron chi connectivity index (χ1n) is 12.3. The second-order valence-corrected chi connectivity index (χ2v) is 16.1. The molecular weight excluding hydrogens is 424 g/mol. The predicted octanol–water partition coefficient (Wildman–Crippen LogP) is 8.64. The lowest BCUT2D eigenvalue weighted by atomic mass is 9.55. The van der Waals surface area contributed by atoms with E-state index in [-0.39, 0.29) is 5.41 Å². The fraction of sp³-hybridized carbons (Fsp3) is 0.152. The van der Waals surface area contributed by atoms with Crippen LogP contribution in [-0.4, -0.2) is 8.07 Å². The van der Waals surface area contributed by atoms with Crippen LogP contribution in [0.2, 0.25) is 19.6 Å². The maximum Gasteiger partial charge on any atom is 0.0691 e. The Bertz CT molecular complexity index is 1460. The lowest BCUT2D eigenvalue weighted by Crippen LogP contribution is -2.41. The third kappa shape index (κ3) is 2.54. The average Bonchev–Trinajstić information content (AvgIpc) is 3.33. The van der Waals surface area contributed by atoms with Crippen LogP contribution in [0.3, 0.4) is 0 Å². The van der Waals surface area contributed by atoms with E-state index in [1.54, 1.807) is 11.1 Å². The molecule has 7 rings (SSSR count). The molecule has 3 aliphatic carbocycles. The standard InChI is InChI=1S/C33H28Si/c1-34(2,3)21-31-28(32-26-16-6-4-12-22(26)23-13-5-7-17-27(23)32)20-33(31)29-18-10-8-14-24(29)25-15-9-11-19-30(25)33/h4-19,21H,20H2,1-3H3/b31-21+. The Kier molecular flexibility index (Phi) is 4.00. The van der Waals surface area contributed by atoms with Gasteiger partial charge in [0.15, 0.2) is 0 Å². The molecule has 0 heterocycles. The maximum atomic E-state index is 2.70. The summed E-state index contributed by atoms with van der Waals surface area (Å²) in [5.41, 5.74) is 18.6. The largest absolute Gasteiger partial charge is 0.0903 e. The topological polar surface area (TPSA) is 0 Å². The Labute approximate surface area is 203 Å². The fourth-order valence-electron chi connectivity index (χ4n) is 6.62. The molecule has 4 aromatic carbocycles. The molecule has 0 saturated heterocycles. The number of hydrogen-bond acceptors (Lipinski definition) is 0. The fourth-order valence-corrected chi connectivity index (χ4v) is 7.91. The van der Waals surface area contributed by atoms with E-state index < -0.39 is 8.07 Å². The number of rotatable bonds is 1. The molecule has 1 spiro atoms. The van der Waals surface area contributed by atoms with Gasteiger partial charge >= 0.3 is 0 Å². The summed E-state index contributed by atoms with van der Waals surface area (Å²) < 4.78 is 0. The van der Waals surface area contributed by atoms with Gasteiger partial charge in [0.1, 0.15) is 0 Å². The van der Waals surface area contributed by atoms with Crippen LogP contribution in [0.1, 0.15) is 28.7 Å². The van der Waals surface area contributed by atoms with Gasteiger partial charge in [0, 0.05) is 5.41 Å². The Hall–Kier alpha value is -3.42. The van der Waals surface area contributed by atoms with Crippen molar-refractivity contribution in [2.45, 2.75) is 31.5 Å². The first-order chi connectivity index (χ1) is 16.5. The normalized spacial score (nSPS) is 17.9. The van der Waals surface area contributed by atoms with Gasteiger partial charge in [-0.1, -0.05) is 122 Å². The summed E-state index contributed by atoms with van der Waals surface area (Å²) in [5.74, 6) is 0. The van der Waals surface area contributed by atoms with E-state index in [0.29, 0.717) is 0 Å². The van der Waals surface area contributed by atoms with Gasteiger partial charge in [-0.2, -0.15) is 0 Å². The van der Waals surface area contributed by atoms with Crippen molar-refractivity contribution in [3.8, 4) is 22.3 Å². The molecule has 0 aromatic heterocycles. The van der Waals surface area contributed by atoms with Gasteiger partial charge in [-0.25, -0.2) is 0 Å².